The number of aliphatic hydroxyl groups excluding tert-OH is 1. The lowest BCUT2D eigenvalue weighted by molar-refractivity contribution is -0.139. The van der Waals surface area contributed by atoms with Gasteiger partial charge in [-0.05, 0) is 35.7 Å². The highest BCUT2D eigenvalue weighted by atomic mass is 32.2. The van der Waals surface area contributed by atoms with Gasteiger partial charge in [0.25, 0.3) is 0 Å². The summed E-state index contributed by atoms with van der Waals surface area (Å²) < 4.78 is 24.3. The number of fused-ring (bicyclic) bond motifs is 1. The van der Waals surface area contributed by atoms with Gasteiger partial charge in [-0.1, -0.05) is 30.3 Å². The molecule has 2 aromatic rings. The van der Waals surface area contributed by atoms with Crippen molar-refractivity contribution in [3.05, 3.63) is 42.5 Å². The zero-order chi connectivity index (χ0) is 16.0. The van der Waals surface area contributed by atoms with E-state index in [1.54, 1.807) is 12.1 Å². The van der Waals surface area contributed by atoms with E-state index in [0.717, 1.165) is 10.8 Å². The largest absolute Gasteiger partial charge is 0.481 e. The zero-order valence-corrected chi connectivity index (χ0v) is 12.6. The number of hydrogen-bond acceptors (Lipinski definition) is 4. The van der Waals surface area contributed by atoms with E-state index in [1.165, 1.54) is 6.07 Å². The molecule has 0 aliphatic heterocycles. The summed E-state index contributed by atoms with van der Waals surface area (Å²) in [5.41, 5.74) is 0. The third kappa shape index (κ3) is 2.28. The number of aliphatic carboxylic acids is 1. The van der Waals surface area contributed by atoms with Gasteiger partial charge in [-0.15, -0.1) is 0 Å². The third-order valence-electron chi connectivity index (χ3n) is 4.28. The molecular formula is C16H16O5S. The van der Waals surface area contributed by atoms with E-state index in [-0.39, 0.29) is 17.7 Å². The van der Waals surface area contributed by atoms with Crippen molar-refractivity contribution in [3.8, 4) is 0 Å². The number of aliphatic hydroxyl groups is 1. The second kappa shape index (κ2) is 5.07. The number of sulfone groups is 1. The van der Waals surface area contributed by atoms with Gasteiger partial charge in [-0.3, -0.25) is 4.79 Å². The van der Waals surface area contributed by atoms with E-state index >= 15 is 0 Å². The Labute approximate surface area is 128 Å². The Kier molecular flexibility index (Phi) is 3.45. The first-order valence-electron chi connectivity index (χ1n) is 7.00. The molecule has 2 N–H and O–H groups in total. The number of carboxylic acid groups (broad SMARTS) is 1. The van der Waals surface area contributed by atoms with E-state index in [1.807, 2.05) is 24.3 Å². The minimum atomic E-state index is -3.78. The van der Waals surface area contributed by atoms with Crippen molar-refractivity contribution in [2.24, 2.45) is 0 Å². The Morgan fingerprint density at radius 3 is 2.36 bits per heavy atom. The standard InChI is InChI=1S/C16H16O5S/c17-14(10-15(18)19)16(7-8-16)22(20,21)13-6-5-11-3-1-2-4-12(11)9-13/h1-6,9,14,17H,7-8,10H2,(H,18,19)/t14-/m1/s1. The van der Waals surface area contributed by atoms with Crippen LogP contribution in [0.2, 0.25) is 0 Å². The van der Waals surface area contributed by atoms with Crippen LogP contribution in [0.3, 0.4) is 0 Å². The minimum absolute atomic E-state index is 0.133. The molecule has 0 radical (unpaired) electrons. The van der Waals surface area contributed by atoms with Crippen LogP contribution in [0.4, 0.5) is 0 Å². The minimum Gasteiger partial charge on any atom is -0.481 e. The van der Waals surface area contributed by atoms with E-state index in [9.17, 15) is 18.3 Å². The van der Waals surface area contributed by atoms with Gasteiger partial charge in [-0.2, -0.15) is 0 Å². The molecule has 116 valence electrons. The summed E-state index contributed by atoms with van der Waals surface area (Å²) in [7, 11) is -3.78. The van der Waals surface area contributed by atoms with E-state index < -0.39 is 33.1 Å². The second-order valence-electron chi connectivity index (χ2n) is 5.69. The van der Waals surface area contributed by atoms with Gasteiger partial charge in [0.05, 0.1) is 17.4 Å². The molecule has 0 unspecified atom stereocenters. The molecule has 1 aliphatic rings. The van der Waals surface area contributed by atoms with Crippen LogP contribution >= 0.6 is 0 Å². The predicted octanol–water partition coefficient (Wildman–Crippen LogP) is 1.98. The maximum Gasteiger partial charge on any atom is 0.306 e. The average Bonchev–Trinajstić information content (AvgIpc) is 3.28. The SMILES string of the molecule is O=C(O)C[C@@H](O)C1(S(=O)(=O)c2ccc3ccccc3c2)CC1. The van der Waals surface area contributed by atoms with Gasteiger partial charge in [0.15, 0.2) is 9.84 Å². The summed E-state index contributed by atoms with van der Waals surface area (Å²) in [4.78, 5) is 10.9. The highest BCUT2D eigenvalue weighted by Crippen LogP contribution is 2.50. The predicted molar refractivity (Wildman–Crippen MR) is 81.4 cm³/mol. The fourth-order valence-corrected chi connectivity index (χ4v) is 4.90. The Hall–Kier alpha value is -1.92. The molecular weight excluding hydrogens is 304 g/mol. The molecule has 0 heterocycles. The molecule has 1 fully saturated rings. The molecule has 0 amide bonds. The van der Waals surface area contributed by atoms with Gasteiger partial charge < -0.3 is 10.2 Å². The van der Waals surface area contributed by atoms with Crippen molar-refractivity contribution in [2.75, 3.05) is 0 Å². The van der Waals surface area contributed by atoms with Crippen molar-refractivity contribution in [3.63, 3.8) is 0 Å². The molecule has 0 bridgehead atoms. The molecule has 5 nitrogen and oxygen atoms in total. The van der Waals surface area contributed by atoms with Crippen LogP contribution in [-0.4, -0.2) is 35.5 Å². The molecule has 1 atom stereocenters. The quantitative estimate of drug-likeness (QED) is 0.879. The monoisotopic (exact) mass is 320 g/mol. The van der Waals surface area contributed by atoms with E-state index in [2.05, 4.69) is 0 Å². The van der Waals surface area contributed by atoms with Gasteiger partial charge in [0.1, 0.15) is 4.75 Å². The van der Waals surface area contributed by atoms with E-state index in [4.69, 9.17) is 5.11 Å². The number of benzene rings is 2. The van der Waals surface area contributed by atoms with Crippen molar-refractivity contribution in [2.45, 2.75) is 35.0 Å². The maximum absolute atomic E-state index is 12.8. The van der Waals surface area contributed by atoms with Crippen molar-refractivity contribution < 1.29 is 23.4 Å². The van der Waals surface area contributed by atoms with E-state index in [0.29, 0.717) is 0 Å². The summed E-state index contributed by atoms with van der Waals surface area (Å²) in [5.74, 6) is -1.20. The third-order valence-corrected chi connectivity index (χ3v) is 6.91. The van der Waals surface area contributed by atoms with Crippen LogP contribution in [0.25, 0.3) is 10.8 Å². The van der Waals surface area contributed by atoms with Crippen LogP contribution in [-0.2, 0) is 14.6 Å². The number of rotatable bonds is 5. The van der Waals surface area contributed by atoms with Crippen LogP contribution in [0.1, 0.15) is 19.3 Å². The Morgan fingerprint density at radius 1 is 1.14 bits per heavy atom. The summed E-state index contributed by atoms with van der Waals surface area (Å²) >= 11 is 0. The molecule has 22 heavy (non-hydrogen) atoms. The van der Waals surface area contributed by atoms with Crippen molar-refractivity contribution >= 4 is 26.6 Å². The zero-order valence-electron chi connectivity index (χ0n) is 11.8. The normalized spacial score (nSPS) is 18.0. The summed E-state index contributed by atoms with van der Waals surface area (Å²) in [5, 5.41) is 20.6. The Bertz CT molecular complexity index is 836. The van der Waals surface area contributed by atoms with Crippen molar-refractivity contribution in [1.29, 1.82) is 0 Å². The lowest BCUT2D eigenvalue weighted by atomic mass is 10.1. The molecule has 1 saturated carbocycles. The summed E-state index contributed by atoms with van der Waals surface area (Å²) in [6, 6.07) is 12.2. The topological polar surface area (TPSA) is 91.7 Å². The second-order valence-corrected chi connectivity index (χ2v) is 7.98. The molecule has 6 heteroatoms. The highest BCUT2D eigenvalue weighted by molar-refractivity contribution is 7.93. The smallest absolute Gasteiger partial charge is 0.306 e. The molecule has 1 aliphatic carbocycles. The number of carbonyl (C=O) groups is 1. The van der Waals surface area contributed by atoms with Crippen LogP contribution in [0.15, 0.2) is 47.4 Å². The van der Waals surface area contributed by atoms with Gasteiger partial charge in [0.2, 0.25) is 0 Å². The lowest BCUT2D eigenvalue weighted by Crippen LogP contribution is -2.38. The fraction of sp³-hybridized carbons (Fsp3) is 0.312. The highest BCUT2D eigenvalue weighted by Gasteiger charge is 2.60. The van der Waals surface area contributed by atoms with Crippen LogP contribution in [0, 0.1) is 0 Å². The van der Waals surface area contributed by atoms with Gasteiger partial charge in [-0.25, -0.2) is 8.42 Å². The number of carboxylic acids is 1. The first-order chi connectivity index (χ1) is 10.4. The summed E-state index contributed by atoms with van der Waals surface area (Å²) in [6.07, 6.45) is -1.37. The van der Waals surface area contributed by atoms with Crippen LogP contribution in [0.5, 0.6) is 0 Å². The Morgan fingerprint density at radius 2 is 1.77 bits per heavy atom. The lowest BCUT2D eigenvalue weighted by Gasteiger charge is -2.21. The molecule has 2 aromatic carbocycles. The van der Waals surface area contributed by atoms with Crippen molar-refractivity contribution in [1.82, 2.24) is 0 Å². The maximum atomic E-state index is 12.8. The van der Waals surface area contributed by atoms with Gasteiger partial charge in [0, 0.05) is 0 Å². The molecule has 0 aromatic heterocycles. The van der Waals surface area contributed by atoms with Crippen LogP contribution < -0.4 is 0 Å². The first kappa shape index (κ1) is 15.0. The Balaban J connectivity index is 2.03. The number of hydrogen-bond donors (Lipinski definition) is 2. The fourth-order valence-electron chi connectivity index (χ4n) is 2.82. The molecule has 0 saturated heterocycles. The molecule has 0 spiro atoms. The summed E-state index contributed by atoms with van der Waals surface area (Å²) in [6.45, 7) is 0. The molecule has 3 rings (SSSR count). The first-order valence-corrected chi connectivity index (χ1v) is 8.48. The average molecular weight is 320 g/mol. The van der Waals surface area contributed by atoms with Gasteiger partial charge >= 0.3 is 5.97 Å².